The number of rotatable bonds is 6. The lowest BCUT2D eigenvalue weighted by Gasteiger charge is -1.99. The van der Waals surface area contributed by atoms with E-state index in [1.807, 2.05) is 11.4 Å². The standard InChI is InChI=1S/C14H15N3O2S/c18-17(19)12-3-1-2-11(6-12)13-9-20-14(16-13)8-15-7-10-4-5-10/h1-3,6,9-10,15H,4-5,7-8H2. The lowest BCUT2D eigenvalue weighted by molar-refractivity contribution is -0.384. The Bertz CT molecular complexity index is 622. The van der Waals surface area contributed by atoms with Crippen LogP contribution in [0, 0.1) is 16.0 Å². The van der Waals surface area contributed by atoms with Crippen molar-refractivity contribution in [1.29, 1.82) is 0 Å². The minimum Gasteiger partial charge on any atom is -0.310 e. The van der Waals surface area contributed by atoms with E-state index in [1.165, 1.54) is 18.9 Å². The van der Waals surface area contributed by atoms with Crippen molar-refractivity contribution in [2.75, 3.05) is 6.54 Å². The fraction of sp³-hybridized carbons (Fsp3) is 0.357. The van der Waals surface area contributed by atoms with E-state index in [-0.39, 0.29) is 10.6 Å². The zero-order chi connectivity index (χ0) is 13.9. The van der Waals surface area contributed by atoms with Crippen LogP contribution in [0.3, 0.4) is 0 Å². The van der Waals surface area contributed by atoms with Crippen molar-refractivity contribution in [3.63, 3.8) is 0 Å². The van der Waals surface area contributed by atoms with Crippen LogP contribution in [0.1, 0.15) is 17.8 Å². The summed E-state index contributed by atoms with van der Waals surface area (Å²) in [5.41, 5.74) is 1.70. The molecule has 1 aliphatic rings. The van der Waals surface area contributed by atoms with Gasteiger partial charge in [0, 0.05) is 29.6 Å². The molecular weight excluding hydrogens is 274 g/mol. The first kappa shape index (κ1) is 13.2. The van der Waals surface area contributed by atoms with Gasteiger partial charge < -0.3 is 5.32 Å². The van der Waals surface area contributed by atoms with Gasteiger partial charge in [-0.1, -0.05) is 12.1 Å². The number of nitrogens with zero attached hydrogens (tertiary/aromatic N) is 2. The molecule has 0 amide bonds. The summed E-state index contributed by atoms with van der Waals surface area (Å²) >= 11 is 1.59. The SMILES string of the molecule is O=[N+]([O-])c1cccc(-c2csc(CNCC3CC3)n2)c1. The number of nitro groups is 1. The van der Waals surface area contributed by atoms with Gasteiger partial charge in [0.15, 0.2) is 0 Å². The third-order valence-corrected chi connectivity index (χ3v) is 4.16. The molecule has 2 aromatic rings. The molecule has 1 aromatic heterocycles. The molecule has 6 heteroatoms. The monoisotopic (exact) mass is 289 g/mol. The van der Waals surface area contributed by atoms with E-state index in [4.69, 9.17) is 0 Å². The van der Waals surface area contributed by atoms with Gasteiger partial charge in [-0.3, -0.25) is 10.1 Å². The van der Waals surface area contributed by atoms with Crippen LogP contribution in [0.4, 0.5) is 5.69 Å². The molecule has 5 nitrogen and oxygen atoms in total. The Morgan fingerprint density at radius 2 is 2.30 bits per heavy atom. The smallest absolute Gasteiger partial charge is 0.270 e. The predicted molar refractivity (Wildman–Crippen MR) is 78.6 cm³/mol. The van der Waals surface area contributed by atoms with Gasteiger partial charge in [-0.25, -0.2) is 4.98 Å². The number of aromatic nitrogens is 1. The number of benzene rings is 1. The molecule has 0 atom stereocenters. The topological polar surface area (TPSA) is 68.1 Å². The molecule has 104 valence electrons. The molecule has 20 heavy (non-hydrogen) atoms. The van der Waals surface area contributed by atoms with Crippen molar-refractivity contribution < 1.29 is 4.92 Å². The van der Waals surface area contributed by atoms with E-state index < -0.39 is 0 Å². The minimum atomic E-state index is -0.381. The molecule has 0 radical (unpaired) electrons. The molecular formula is C14H15N3O2S. The summed E-state index contributed by atoms with van der Waals surface area (Å²) in [4.78, 5) is 14.9. The van der Waals surface area contributed by atoms with Crippen molar-refractivity contribution in [1.82, 2.24) is 10.3 Å². The number of nitro benzene ring substituents is 1. The molecule has 0 aliphatic heterocycles. The Morgan fingerprint density at radius 1 is 1.45 bits per heavy atom. The van der Waals surface area contributed by atoms with Crippen molar-refractivity contribution >= 4 is 17.0 Å². The van der Waals surface area contributed by atoms with Gasteiger partial charge in [-0.05, 0) is 25.3 Å². The fourth-order valence-corrected chi connectivity index (χ4v) is 2.78. The van der Waals surface area contributed by atoms with Crippen molar-refractivity contribution in [2.24, 2.45) is 5.92 Å². The van der Waals surface area contributed by atoms with E-state index >= 15 is 0 Å². The van der Waals surface area contributed by atoms with Crippen LogP contribution in [0.5, 0.6) is 0 Å². The second-order valence-corrected chi connectivity index (χ2v) is 5.95. The summed E-state index contributed by atoms with van der Waals surface area (Å²) in [6.45, 7) is 1.84. The fourth-order valence-electron chi connectivity index (χ4n) is 2.01. The summed E-state index contributed by atoms with van der Waals surface area (Å²) in [5.74, 6) is 0.853. The van der Waals surface area contributed by atoms with Gasteiger partial charge in [0.05, 0.1) is 10.6 Å². The molecule has 1 saturated carbocycles. The van der Waals surface area contributed by atoms with E-state index in [0.29, 0.717) is 0 Å². The highest BCUT2D eigenvalue weighted by atomic mass is 32.1. The number of nitrogens with one attached hydrogen (secondary N) is 1. The van der Waals surface area contributed by atoms with Crippen LogP contribution < -0.4 is 5.32 Å². The third kappa shape index (κ3) is 3.20. The van der Waals surface area contributed by atoms with E-state index in [2.05, 4.69) is 10.3 Å². The maximum atomic E-state index is 10.8. The highest BCUT2D eigenvalue weighted by Crippen LogP contribution is 2.28. The van der Waals surface area contributed by atoms with E-state index in [9.17, 15) is 10.1 Å². The third-order valence-electron chi connectivity index (χ3n) is 3.31. The van der Waals surface area contributed by atoms with E-state index in [0.717, 1.165) is 35.3 Å². The zero-order valence-electron chi connectivity index (χ0n) is 10.9. The lowest BCUT2D eigenvalue weighted by atomic mass is 10.1. The number of hydrogen-bond acceptors (Lipinski definition) is 5. The van der Waals surface area contributed by atoms with Gasteiger partial charge in [-0.2, -0.15) is 0 Å². The molecule has 1 heterocycles. The molecule has 0 bridgehead atoms. The molecule has 1 aliphatic carbocycles. The first-order valence-corrected chi connectivity index (χ1v) is 7.50. The molecule has 0 unspecified atom stereocenters. The van der Waals surface area contributed by atoms with Crippen LogP contribution in [0.2, 0.25) is 0 Å². The van der Waals surface area contributed by atoms with Crippen LogP contribution in [0.25, 0.3) is 11.3 Å². The Hall–Kier alpha value is -1.79. The zero-order valence-corrected chi connectivity index (χ0v) is 11.7. The molecule has 1 fully saturated rings. The van der Waals surface area contributed by atoms with Gasteiger partial charge in [0.1, 0.15) is 5.01 Å². The minimum absolute atomic E-state index is 0.101. The highest BCUT2D eigenvalue weighted by Gasteiger charge is 2.20. The Kier molecular flexibility index (Phi) is 3.75. The molecule has 1 N–H and O–H groups in total. The van der Waals surface area contributed by atoms with Gasteiger partial charge in [0.25, 0.3) is 5.69 Å². The van der Waals surface area contributed by atoms with Crippen molar-refractivity contribution in [3.8, 4) is 11.3 Å². The number of thiazole rings is 1. The number of hydrogen-bond donors (Lipinski definition) is 1. The van der Waals surface area contributed by atoms with Gasteiger partial charge in [0.2, 0.25) is 0 Å². The quantitative estimate of drug-likeness (QED) is 0.655. The molecule has 0 spiro atoms. The summed E-state index contributed by atoms with van der Waals surface area (Å²) in [7, 11) is 0. The highest BCUT2D eigenvalue weighted by molar-refractivity contribution is 7.09. The lowest BCUT2D eigenvalue weighted by Crippen LogP contribution is -2.15. The molecule has 3 rings (SSSR count). The second-order valence-electron chi connectivity index (χ2n) is 5.01. The summed E-state index contributed by atoms with van der Waals surface area (Å²) < 4.78 is 0. The van der Waals surface area contributed by atoms with Crippen molar-refractivity contribution in [3.05, 3.63) is 44.8 Å². The largest absolute Gasteiger partial charge is 0.310 e. The van der Waals surface area contributed by atoms with Crippen molar-refractivity contribution in [2.45, 2.75) is 19.4 Å². The first-order chi connectivity index (χ1) is 9.72. The summed E-state index contributed by atoms with van der Waals surface area (Å²) in [5, 5.41) is 17.1. The first-order valence-electron chi connectivity index (χ1n) is 6.62. The van der Waals surface area contributed by atoms with Crippen LogP contribution in [-0.4, -0.2) is 16.5 Å². The maximum Gasteiger partial charge on any atom is 0.270 e. The Balaban J connectivity index is 1.68. The Labute approximate surface area is 120 Å². The van der Waals surface area contributed by atoms with Gasteiger partial charge in [-0.15, -0.1) is 11.3 Å². The van der Waals surface area contributed by atoms with Gasteiger partial charge >= 0.3 is 0 Å². The van der Waals surface area contributed by atoms with Crippen LogP contribution in [-0.2, 0) is 6.54 Å². The average molecular weight is 289 g/mol. The summed E-state index contributed by atoms with van der Waals surface area (Å²) in [6, 6.07) is 6.60. The van der Waals surface area contributed by atoms with Crippen LogP contribution >= 0.6 is 11.3 Å². The average Bonchev–Trinajstić information content (AvgIpc) is 3.15. The second kappa shape index (κ2) is 5.68. The molecule has 1 aromatic carbocycles. The van der Waals surface area contributed by atoms with Crippen LogP contribution in [0.15, 0.2) is 29.6 Å². The van der Waals surface area contributed by atoms with E-state index in [1.54, 1.807) is 23.5 Å². The number of non-ortho nitro benzene ring substituents is 1. The summed E-state index contributed by atoms with van der Waals surface area (Å²) in [6.07, 6.45) is 2.67. The molecule has 0 saturated heterocycles. The Morgan fingerprint density at radius 3 is 3.05 bits per heavy atom. The normalized spacial score (nSPS) is 14.4. The maximum absolute atomic E-state index is 10.8. The predicted octanol–water partition coefficient (Wildman–Crippen LogP) is 3.22.